The highest BCUT2D eigenvalue weighted by atomic mass is 16.5. The molecule has 130 valence electrons. The van der Waals surface area contributed by atoms with E-state index in [1.54, 1.807) is 21.3 Å². The van der Waals surface area contributed by atoms with Gasteiger partial charge in [-0.2, -0.15) is 0 Å². The first kappa shape index (κ1) is 17.7. The van der Waals surface area contributed by atoms with Gasteiger partial charge < -0.3 is 24.7 Å². The summed E-state index contributed by atoms with van der Waals surface area (Å²) in [5.74, 6) is 2.29. The second kappa shape index (κ2) is 8.86. The van der Waals surface area contributed by atoms with Crippen molar-refractivity contribution in [3.63, 3.8) is 0 Å². The number of benzene rings is 1. The fourth-order valence-electron chi connectivity index (χ4n) is 2.43. The van der Waals surface area contributed by atoms with E-state index in [1.807, 2.05) is 36.0 Å². The zero-order valence-electron chi connectivity index (χ0n) is 14.8. The molecule has 0 radical (unpaired) electrons. The summed E-state index contributed by atoms with van der Waals surface area (Å²) in [6, 6.07) is 8.06. The number of aryl methyl sites for hydroxylation is 1. The molecule has 1 heterocycles. The number of nitrogens with one attached hydrogen (secondary N) is 2. The van der Waals surface area contributed by atoms with E-state index in [-0.39, 0.29) is 0 Å². The molecule has 0 amide bonds. The molecule has 6 heteroatoms. The van der Waals surface area contributed by atoms with Crippen molar-refractivity contribution in [3.05, 3.63) is 47.8 Å². The summed E-state index contributed by atoms with van der Waals surface area (Å²) in [6.07, 6.45) is 4.99. The van der Waals surface area contributed by atoms with Crippen LogP contribution >= 0.6 is 0 Å². The van der Waals surface area contributed by atoms with Crippen LogP contribution < -0.4 is 20.1 Å². The van der Waals surface area contributed by atoms with E-state index >= 15 is 0 Å². The lowest BCUT2D eigenvalue weighted by Gasteiger charge is -2.12. The molecule has 1 aromatic heterocycles. The Morgan fingerprint density at radius 2 is 1.88 bits per heavy atom. The summed E-state index contributed by atoms with van der Waals surface area (Å²) in [5, 5.41) is 6.63. The Bertz CT molecular complexity index is 679. The number of nitrogens with zero attached hydrogens (tertiary/aromatic N) is 2. The molecule has 0 atom stereocenters. The predicted octanol–water partition coefficient (Wildman–Crippen LogP) is 1.95. The van der Waals surface area contributed by atoms with Gasteiger partial charge in [0.05, 0.1) is 14.2 Å². The fraction of sp³-hybridized carbons (Fsp3) is 0.389. The quantitative estimate of drug-likeness (QED) is 0.602. The topological polar surface area (TPSA) is 59.8 Å². The van der Waals surface area contributed by atoms with Gasteiger partial charge in [0.1, 0.15) is 0 Å². The zero-order chi connectivity index (χ0) is 17.4. The Labute approximate surface area is 143 Å². The summed E-state index contributed by atoms with van der Waals surface area (Å²) < 4.78 is 12.6. The van der Waals surface area contributed by atoms with E-state index in [1.165, 1.54) is 11.1 Å². The lowest BCUT2D eigenvalue weighted by molar-refractivity contribution is 0.354. The number of hydrogen-bond donors (Lipinski definition) is 2. The van der Waals surface area contributed by atoms with E-state index in [9.17, 15) is 0 Å². The highest BCUT2D eigenvalue weighted by Crippen LogP contribution is 2.27. The van der Waals surface area contributed by atoms with E-state index in [4.69, 9.17) is 9.47 Å². The number of aromatic nitrogens is 1. The van der Waals surface area contributed by atoms with Crippen LogP contribution in [0.1, 0.15) is 11.1 Å². The van der Waals surface area contributed by atoms with Crippen molar-refractivity contribution in [2.75, 3.05) is 27.8 Å². The lowest BCUT2D eigenvalue weighted by Crippen LogP contribution is -2.37. The second-order valence-corrected chi connectivity index (χ2v) is 5.48. The molecular weight excluding hydrogens is 304 g/mol. The highest BCUT2D eigenvalue weighted by Gasteiger charge is 2.05. The maximum Gasteiger partial charge on any atom is 0.191 e. The van der Waals surface area contributed by atoms with Gasteiger partial charge in [0.2, 0.25) is 0 Å². The molecule has 2 aromatic rings. The number of guanidine groups is 1. The fourth-order valence-corrected chi connectivity index (χ4v) is 2.43. The molecule has 6 nitrogen and oxygen atoms in total. The minimum atomic E-state index is 0.745. The van der Waals surface area contributed by atoms with Crippen molar-refractivity contribution in [1.82, 2.24) is 15.2 Å². The Balaban J connectivity index is 1.81. The van der Waals surface area contributed by atoms with Gasteiger partial charge in [-0.1, -0.05) is 6.07 Å². The van der Waals surface area contributed by atoms with Gasteiger partial charge in [0, 0.05) is 39.6 Å². The minimum Gasteiger partial charge on any atom is -0.493 e. The maximum atomic E-state index is 5.33. The Morgan fingerprint density at radius 1 is 1.08 bits per heavy atom. The van der Waals surface area contributed by atoms with Crippen LogP contribution in [-0.2, 0) is 20.0 Å². The number of rotatable bonds is 7. The largest absolute Gasteiger partial charge is 0.493 e. The van der Waals surface area contributed by atoms with Crippen molar-refractivity contribution in [2.45, 2.75) is 13.0 Å². The van der Waals surface area contributed by atoms with Gasteiger partial charge in [-0.05, 0) is 35.7 Å². The lowest BCUT2D eigenvalue weighted by atomic mass is 10.1. The van der Waals surface area contributed by atoms with Gasteiger partial charge in [0.15, 0.2) is 17.5 Å². The number of hydrogen-bond acceptors (Lipinski definition) is 3. The Morgan fingerprint density at radius 3 is 2.50 bits per heavy atom. The molecule has 0 fully saturated rings. The van der Waals surface area contributed by atoms with E-state index in [0.717, 1.165) is 37.0 Å². The number of methoxy groups -OCH3 is 2. The standard InChI is InChI=1S/C18H26N4O2/c1-19-18(21-12-15-8-10-22(2)13-15)20-9-7-14-5-6-16(23-3)17(11-14)24-4/h5-6,8,10-11,13H,7,9,12H2,1-4H3,(H2,19,20,21). The number of ether oxygens (including phenoxy) is 2. The average Bonchev–Trinajstić information content (AvgIpc) is 3.03. The molecule has 1 aromatic carbocycles. The smallest absolute Gasteiger partial charge is 0.191 e. The molecule has 0 saturated carbocycles. The molecule has 0 aliphatic heterocycles. The van der Waals surface area contributed by atoms with Crippen molar-refractivity contribution >= 4 is 5.96 Å². The van der Waals surface area contributed by atoms with Crippen LogP contribution in [0.15, 0.2) is 41.7 Å². The van der Waals surface area contributed by atoms with E-state index in [0.29, 0.717) is 0 Å². The van der Waals surface area contributed by atoms with Crippen LogP contribution in [-0.4, -0.2) is 38.3 Å². The van der Waals surface area contributed by atoms with Crippen LogP contribution in [0.3, 0.4) is 0 Å². The predicted molar refractivity (Wildman–Crippen MR) is 96.9 cm³/mol. The summed E-state index contributed by atoms with van der Waals surface area (Å²) in [4.78, 5) is 4.25. The Kier molecular flexibility index (Phi) is 6.54. The maximum absolute atomic E-state index is 5.33. The van der Waals surface area contributed by atoms with Crippen molar-refractivity contribution in [2.24, 2.45) is 12.0 Å². The summed E-state index contributed by atoms with van der Waals surface area (Å²) in [6.45, 7) is 1.53. The van der Waals surface area contributed by atoms with Gasteiger partial charge in [-0.25, -0.2) is 0 Å². The van der Waals surface area contributed by atoms with Crippen molar-refractivity contribution in [3.8, 4) is 11.5 Å². The summed E-state index contributed by atoms with van der Waals surface area (Å²) in [5.41, 5.74) is 2.40. The Hall–Kier alpha value is -2.63. The van der Waals surface area contributed by atoms with Gasteiger partial charge in [0.25, 0.3) is 0 Å². The second-order valence-electron chi connectivity index (χ2n) is 5.48. The SMILES string of the molecule is CN=C(NCCc1ccc(OC)c(OC)c1)NCc1ccn(C)c1. The molecule has 0 saturated heterocycles. The van der Waals surface area contributed by atoms with Crippen molar-refractivity contribution < 1.29 is 9.47 Å². The van der Waals surface area contributed by atoms with E-state index in [2.05, 4.69) is 27.9 Å². The highest BCUT2D eigenvalue weighted by molar-refractivity contribution is 5.79. The monoisotopic (exact) mass is 330 g/mol. The summed E-state index contributed by atoms with van der Waals surface area (Å²) in [7, 11) is 7.08. The first-order chi connectivity index (χ1) is 11.7. The molecule has 0 unspecified atom stereocenters. The van der Waals surface area contributed by atoms with Crippen LogP contribution in [0.4, 0.5) is 0 Å². The molecule has 0 spiro atoms. The van der Waals surface area contributed by atoms with Crippen LogP contribution in [0, 0.1) is 0 Å². The zero-order valence-corrected chi connectivity index (χ0v) is 14.8. The third-order valence-electron chi connectivity index (χ3n) is 3.73. The molecular formula is C18H26N4O2. The van der Waals surface area contributed by atoms with Gasteiger partial charge in [-0.15, -0.1) is 0 Å². The molecule has 24 heavy (non-hydrogen) atoms. The first-order valence-electron chi connectivity index (χ1n) is 7.92. The molecule has 0 aliphatic carbocycles. The summed E-state index contributed by atoms with van der Waals surface area (Å²) >= 11 is 0. The van der Waals surface area contributed by atoms with Gasteiger partial charge >= 0.3 is 0 Å². The van der Waals surface area contributed by atoms with Crippen LogP contribution in [0.25, 0.3) is 0 Å². The average molecular weight is 330 g/mol. The third-order valence-corrected chi connectivity index (χ3v) is 3.73. The minimum absolute atomic E-state index is 0.745. The molecule has 0 aliphatic rings. The van der Waals surface area contributed by atoms with Gasteiger partial charge in [-0.3, -0.25) is 4.99 Å². The first-order valence-corrected chi connectivity index (χ1v) is 7.92. The third kappa shape index (κ3) is 4.94. The van der Waals surface area contributed by atoms with E-state index < -0.39 is 0 Å². The molecule has 2 rings (SSSR count). The molecule has 0 bridgehead atoms. The van der Waals surface area contributed by atoms with Crippen molar-refractivity contribution in [1.29, 1.82) is 0 Å². The normalized spacial score (nSPS) is 11.2. The molecule has 2 N–H and O–H groups in total. The van der Waals surface area contributed by atoms with Crippen LogP contribution in [0.2, 0.25) is 0 Å². The van der Waals surface area contributed by atoms with Crippen LogP contribution in [0.5, 0.6) is 11.5 Å². The number of aliphatic imine (C=N–C) groups is 1.